The van der Waals surface area contributed by atoms with Gasteiger partial charge < -0.3 is 10.2 Å². The summed E-state index contributed by atoms with van der Waals surface area (Å²) >= 11 is 0. The van der Waals surface area contributed by atoms with Gasteiger partial charge in [-0.3, -0.25) is 0 Å². The minimum Gasteiger partial charge on any atom is -0.479 e. The Balaban J connectivity index is 2.89. The first-order valence-corrected chi connectivity index (χ1v) is 5.89. The molecule has 0 aromatic heterocycles. The van der Waals surface area contributed by atoms with E-state index in [4.69, 9.17) is 5.11 Å². The molecule has 0 radical (unpaired) electrons. The summed E-state index contributed by atoms with van der Waals surface area (Å²) in [6, 6.07) is 2.25. The Kier molecular flexibility index (Phi) is 4.33. The van der Waals surface area contributed by atoms with Crippen molar-refractivity contribution in [2.45, 2.75) is 6.10 Å². The Morgan fingerprint density at radius 3 is 1.83 bits per heavy atom. The summed E-state index contributed by atoms with van der Waals surface area (Å²) < 4.78 is 80.9. The van der Waals surface area contributed by atoms with Gasteiger partial charge in [0.05, 0.1) is 5.56 Å². The molecule has 9 heteroatoms. The van der Waals surface area contributed by atoms with E-state index in [1.165, 1.54) is 0 Å². The third-order valence-corrected chi connectivity index (χ3v) is 3.04. The van der Waals surface area contributed by atoms with Crippen LogP contribution in [0.15, 0.2) is 18.2 Å². The van der Waals surface area contributed by atoms with Gasteiger partial charge in [0, 0.05) is 5.56 Å². The average molecular weight is 336 g/mol. The van der Waals surface area contributed by atoms with Gasteiger partial charge in [-0.1, -0.05) is 12.1 Å². The Hall–Kier alpha value is -2.55. The van der Waals surface area contributed by atoms with Crippen LogP contribution in [0.5, 0.6) is 0 Å². The third-order valence-electron chi connectivity index (χ3n) is 3.04. The number of carbonyl (C=O) groups is 1. The van der Waals surface area contributed by atoms with Crippen molar-refractivity contribution in [3.05, 3.63) is 58.7 Å². The van der Waals surface area contributed by atoms with Crippen LogP contribution in [0.3, 0.4) is 0 Å². The van der Waals surface area contributed by atoms with E-state index in [1.807, 2.05) is 0 Å². The molecule has 0 spiro atoms. The van der Waals surface area contributed by atoms with Crippen molar-refractivity contribution in [3.8, 4) is 11.1 Å². The number of rotatable bonds is 3. The maximum Gasteiger partial charge on any atom is 0.337 e. The fourth-order valence-electron chi connectivity index (χ4n) is 2.00. The SMILES string of the molecule is O=C(O)C(O)c1c(F)cccc1-c1c(F)c(F)c(F)c(F)c1F. The van der Waals surface area contributed by atoms with E-state index in [0.717, 1.165) is 12.1 Å². The lowest BCUT2D eigenvalue weighted by atomic mass is 9.94. The zero-order valence-electron chi connectivity index (χ0n) is 10.9. The van der Waals surface area contributed by atoms with Gasteiger partial charge in [0.25, 0.3) is 0 Å². The number of aliphatic carboxylic acids is 1. The molecule has 0 saturated heterocycles. The van der Waals surface area contributed by atoms with Crippen molar-refractivity contribution in [1.29, 1.82) is 0 Å². The number of benzene rings is 2. The molecular weight excluding hydrogens is 330 g/mol. The summed E-state index contributed by atoms with van der Waals surface area (Å²) in [5.41, 5.74) is -3.62. The van der Waals surface area contributed by atoms with Crippen molar-refractivity contribution in [2.24, 2.45) is 0 Å². The molecule has 122 valence electrons. The van der Waals surface area contributed by atoms with E-state index < -0.39 is 63.7 Å². The standard InChI is InChI=1S/C14H6F6O3/c15-5-3-1-2-4(6(5)13(21)14(22)23)7-8(16)10(18)12(20)11(19)9(7)17/h1-3,13,21H,(H,22,23). The van der Waals surface area contributed by atoms with Gasteiger partial charge in [0.1, 0.15) is 5.82 Å². The number of halogens is 6. The maximum absolute atomic E-state index is 13.8. The molecule has 1 unspecified atom stereocenters. The molecule has 2 N–H and O–H groups in total. The van der Waals surface area contributed by atoms with Crippen LogP contribution in [0.1, 0.15) is 11.7 Å². The van der Waals surface area contributed by atoms with Crippen LogP contribution in [0, 0.1) is 34.9 Å². The summed E-state index contributed by atoms with van der Waals surface area (Å²) in [5.74, 6) is -14.9. The highest BCUT2D eigenvalue weighted by molar-refractivity contribution is 5.80. The monoisotopic (exact) mass is 336 g/mol. The average Bonchev–Trinajstić information content (AvgIpc) is 2.50. The summed E-state index contributed by atoms with van der Waals surface area (Å²) in [6.07, 6.45) is -2.57. The van der Waals surface area contributed by atoms with Crippen LogP contribution in [-0.2, 0) is 4.79 Å². The maximum atomic E-state index is 13.8. The lowest BCUT2D eigenvalue weighted by molar-refractivity contribution is -0.147. The first-order chi connectivity index (χ1) is 10.7. The van der Waals surface area contributed by atoms with Crippen LogP contribution in [0.2, 0.25) is 0 Å². The molecule has 0 heterocycles. The molecule has 0 bridgehead atoms. The minimum atomic E-state index is -2.57. The first kappa shape index (κ1) is 16.8. The molecule has 0 fully saturated rings. The second-order valence-corrected chi connectivity index (χ2v) is 4.39. The minimum absolute atomic E-state index is 0.664. The normalized spacial score (nSPS) is 12.3. The number of carboxylic acid groups (broad SMARTS) is 1. The fourth-order valence-corrected chi connectivity index (χ4v) is 2.00. The Bertz CT molecular complexity index is 777. The van der Waals surface area contributed by atoms with Gasteiger partial charge in [-0.15, -0.1) is 0 Å². The summed E-state index contributed by atoms with van der Waals surface area (Å²) in [6.45, 7) is 0. The van der Waals surface area contributed by atoms with Gasteiger partial charge in [-0.2, -0.15) is 0 Å². The molecule has 2 rings (SSSR count). The van der Waals surface area contributed by atoms with Gasteiger partial charge in [-0.05, 0) is 11.6 Å². The van der Waals surface area contributed by atoms with E-state index in [0.29, 0.717) is 6.07 Å². The van der Waals surface area contributed by atoms with Crippen LogP contribution in [-0.4, -0.2) is 16.2 Å². The molecule has 2 aromatic rings. The zero-order chi connectivity index (χ0) is 17.5. The Morgan fingerprint density at radius 2 is 1.35 bits per heavy atom. The molecule has 2 aromatic carbocycles. The molecule has 23 heavy (non-hydrogen) atoms. The van der Waals surface area contributed by atoms with Crippen LogP contribution >= 0.6 is 0 Å². The predicted molar refractivity (Wildman–Crippen MR) is 64.2 cm³/mol. The smallest absolute Gasteiger partial charge is 0.337 e. The molecular formula is C14H6F6O3. The zero-order valence-corrected chi connectivity index (χ0v) is 10.9. The molecule has 0 aliphatic rings. The van der Waals surface area contributed by atoms with Crippen molar-refractivity contribution >= 4 is 5.97 Å². The van der Waals surface area contributed by atoms with E-state index in [9.17, 15) is 36.2 Å². The predicted octanol–water partition coefficient (Wildman–Crippen LogP) is 3.31. The van der Waals surface area contributed by atoms with E-state index >= 15 is 0 Å². The highest BCUT2D eigenvalue weighted by Gasteiger charge is 2.31. The van der Waals surface area contributed by atoms with Crippen molar-refractivity contribution in [3.63, 3.8) is 0 Å². The van der Waals surface area contributed by atoms with Gasteiger partial charge in [0.2, 0.25) is 5.82 Å². The lowest BCUT2D eigenvalue weighted by Gasteiger charge is -2.15. The topological polar surface area (TPSA) is 57.5 Å². The summed E-state index contributed by atoms with van der Waals surface area (Å²) in [4.78, 5) is 10.8. The molecule has 0 amide bonds. The molecule has 0 aliphatic heterocycles. The van der Waals surface area contributed by atoms with Crippen LogP contribution < -0.4 is 0 Å². The third kappa shape index (κ3) is 2.63. The number of hydrogen-bond donors (Lipinski definition) is 2. The number of carboxylic acids is 1. The second-order valence-electron chi connectivity index (χ2n) is 4.39. The van der Waals surface area contributed by atoms with Crippen molar-refractivity contribution in [1.82, 2.24) is 0 Å². The van der Waals surface area contributed by atoms with E-state index in [2.05, 4.69) is 0 Å². The first-order valence-electron chi connectivity index (χ1n) is 5.89. The van der Waals surface area contributed by atoms with Gasteiger partial charge in [-0.25, -0.2) is 31.1 Å². The Labute approximate surface area is 124 Å². The molecule has 0 saturated carbocycles. The second kappa shape index (κ2) is 5.92. The fraction of sp³-hybridized carbons (Fsp3) is 0.0714. The van der Waals surface area contributed by atoms with Crippen molar-refractivity contribution < 1.29 is 41.4 Å². The van der Waals surface area contributed by atoms with E-state index in [1.54, 1.807) is 0 Å². The van der Waals surface area contributed by atoms with Gasteiger partial charge >= 0.3 is 5.97 Å². The number of aliphatic hydroxyl groups excluding tert-OH is 1. The number of aliphatic hydroxyl groups is 1. The number of hydrogen-bond acceptors (Lipinski definition) is 2. The summed E-state index contributed by atoms with van der Waals surface area (Å²) in [5, 5.41) is 18.2. The van der Waals surface area contributed by atoms with E-state index in [-0.39, 0.29) is 0 Å². The quantitative estimate of drug-likeness (QED) is 0.514. The largest absolute Gasteiger partial charge is 0.479 e. The van der Waals surface area contributed by atoms with Crippen LogP contribution in [0.4, 0.5) is 26.3 Å². The molecule has 3 nitrogen and oxygen atoms in total. The molecule has 0 aliphatic carbocycles. The highest BCUT2D eigenvalue weighted by Crippen LogP contribution is 2.36. The van der Waals surface area contributed by atoms with Gasteiger partial charge in [0.15, 0.2) is 29.4 Å². The lowest BCUT2D eigenvalue weighted by Crippen LogP contribution is -2.15. The van der Waals surface area contributed by atoms with Crippen LogP contribution in [0.25, 0.3) is 11.1 Å². The highest BCUT2D eigenvalue weighted by atomic mass is 19.2. The Morgan fingerprint density at radius 1 is 0.870 bits per heavy atom. The molecule has 1 atom stereocenters. The van der Waals surface area contributed by atoms with Crippen molar-refractivity contribution in [2.75, 3.05) is 0 Å². The summed E-state index contributed by atoms with van der Waals surface area (Å²) in [7, 11) is 0.